The quantitative estimate of drug-likeness (QED) is 0.597. The summed E-state index contributed by atoms with van der Waals surface area (Å²) in [5.74, 6) is 0. The monoisotopic (exact) mass is 294 g/mol. The lowest BCUT2D eigenvalue weighted by atomic mass is 10.3. The number of aromatic nitrogens is 1. The lowest BCUT2D eigenvalue weighted by molar-refractivity contribution is 0.0478. The number of nitrogens with zero attached hydrogens (tertiary/aromatic N) is 1. The number of hydrogen-bond donors (Lipinski definition) is 1. The summed E-state index contributed by atoms with van der Waals surface area (Å²) < 4.78 is 15.9. The average molecular weight is 294 g/mol. The second-order valence-corrected chi connectivity index (χ2v) is 5.29. The molecule has 1 saturated carbocycles. The van der Waals surface area contributed by atoms with Crippen LogP contribution in [0.15, 0.2) is 18.2 Å². The molecule has 0 spiro atoms. The largest absolute Gasteiger partial charge is 0.382 e. The first-order chi connectivity index (χ1) is 10.4. The maximum atomic E-state index is 5.63. The Labute approximate surface area is 127 Å². The zero-order valence-corrected chi connectivity index (χ0v) is 12.8. The van der Waals surface area contributed by atoms with Crippen molar-refractivity contribution in [2.45, 2.75) is 38.5 Å². The first-order valence-corrected chi connectivity index (χ1v) is 7.71. The standard InChI is InChI=1S/C16H26N2O3/c1-19-10-11-20-8-3-9-21-13-16-5-2-4-15(18-16)12-17-14-6-7-14/h2,4-5,14,17H,3,6-13H2,1H3. The molecule has 1 fully saturated rings. The molecule has 0 atom stereocenters. The predicted octanol–water partition coefficient (Wildman–Crippen LogP) is 1.90. The van der Waals surface area contributed by atoms with Crippen LogP contribution in [-0.4, -0.2) is 44.6 Å². The minimum absolute atomic E-state index is 0.565. The van der Waals surface area contributed by atoms with Crippen LogP contribution in [0.4, 0.5) is 0 Å². The van der Waals surface area contributed by atoms with Crippen LogP contribution in [-0.2, 0) is 27.4 Å². The third-order valence-corrected chi connectivity index (χ3v) is 3.27. The zero-order chi connectivity index (χ0) is 14.8. The minimum Gasteiger partial charge on any atom is -0.382 e. The number of methoxy groups -OCH3 is 1. The van der Waals surface area contributed by atoms with Gasteiger partial charge in [-0.2, -0.15) is 0 Å². The van der Waals surface area contributed by atoms with Gasteiger partial charge >= 0.3 is 0 Å². The summed E-state index contributed by atoms with van der Waals surface area (Å²) in [6.45, 7) is 4.11. The van der Waals surface area contributed by atoms with Crippen molar-refractivity contribution >= 4 is 0 Å². The molecule has 21 heavy (non-hydrogen) atoms. The molecule has 1 aliphatic carbocycles. The fourth-order valence-electron chi connectivity index (χ4n) is 1.93. The van der Waals surface area contributed by atoms with Crippen LogP contribution in [0.2, 0.25) is 0 Å². The first-order valence-electron chi connectivity index (χ1n) is 7.71. The van der Waals surface area contributed by atoms with Gasteiger partial charge in [0.2, 0.25) is 0 Å². The van der Waals surface area contributed by atoms with Crippen LogP contribution in [0.25, 0.3) is 0 Å². The van der Waals surface area contributed by atoms with Crippen LogP contribution < -0.4 is 5.32 Å². The maximum absolute atomic E-state index is 5.63. The molecule has 118 valence electrons. The van der Waals surface area contributed by atoms with Crippen molar-refractivity contribution < 1.29 is 14.2 Å². The van der Waals surface area contributed by atoms with Crippen molar-refractivity contribution in [2.24, 2.45) is 0 Å². The SMILES string of the molecule is COCCOCCCOCc1cccc(CNC2CC2)n1. The zero-order valence-electron chi connectivity index (χ0n) is 12.8. The van der Waals surface area contributed by atoms with Gasteiger partial charge in [0.25, 0.3) is 0 Å². The number of rotatable bonds is 12. The molecule has 2 rings (SSSR count). The summed E-state index contributed by atoms with van der Waals surface area (Å²) in [7, 11) is 1.67. The molecule has 0 aromatic carbocycles. The Morgan fingerprint density at radius 3 is 2.71 bits per heavy atom. The van der Waals surface area contributed by atoms with E-state index in [1.807, 2.05) is 12.1 Å². The third-order valence-electron chi connectivity index (χ3n) is 3.27. The highest BCUT2D eigenvalue weighted by molar-refractivity contribution is 5.10. The lowest BCUT2D eigenvalue weighted by Gasteiger charge is -2.07. The highest BCUT2D eigenvalue weighted by atomic mass is 16.5. The molecule has 0 saturated heterocycles. The van der Waals surface area contributed by atoms with E-state index in [0.29, 0.717) is 39.1 Å². The number of pyridine rings is 1. The second kappa shape index (κ2) is 9.84. The summed E-state index contributed by atoms with van der Waals surface area (Å²) in [6.07, 6.45) is 3.50. The van der Waals surface area contributed by atoms with Gasteiger partial charge in [0.15, 0.2) is 0 Å². The Kier molecular flexibility index (Phi) is 7.67. The molecule has 0 bridgehead atoms. The number of ether oxygens (including phenoxy) is 3. The van der Waals surface area contributed by atoms with Gasteiger partial charge in [-0.15, -0.1) is 0 Å². The molecule has 1 N–H and O–H groups in total. The van der Waals surface area contributed by atoms with Crippen molar-refractivity contribution in [3.05, 3.63) is 29.6 Å². The number of nitrogens with one attached hydrogen (secondary N) is 1. The molecule has 0 radical (unpaired) electrons. The third kappa shape index (κ3) is 7.52. The minimum atomic E-state index is 0.565. The molecule has 0 aliphatic heterocycles. The van der Waals surface area contributed by atoms with Gasteiger partial charge in [0, 0.05) is 32.9 Å². The highest BCUT2D eigenvalue weighted by Crippen LogP contribution is 2.19. The van der Waals surface area contributed by atoms with E-state index >= 15 is 0 Å². The normalized spacial score (nSPS) is 14.5. The molecule has 1 aromatic rings. The van der Waals surface area contributed by atoms with E-state index in [2.05, 4.69) is 16.4 Å². The van der Waals surface area contributed by atoms with Gasteiger partial charge < -0.3 is 19.5 Å². The summed E-state index contributed by atoms with van der Waals surface area (Å²) in [4.78, 5) is 4.60. The van der Waals surface area contributed by atoms with E-state index in [1.165, 1.54) is 12.8 Å². The van der Waals surface area contributed by atoms with Crippen molar-refractivity contribution in [1.29, 1.82) is 0 Å². The fourth-order valence-corrected chi connectivity index (χ4v) is 1.93. The van der Waals surface area contributed by atoms with Gasteiger partial charge in [-0.05, 0) is 31.4 Å². The van der Waals surface area contributed by atoms with E-state index in [9.17, 15) is 0 Å². The Morgan fingerprint density at radius 1 is 1.10 bits per heavy atom. The van der Waals surface area contributed by atoms with E-state index < -0.39 is 0 Å². The molecule has 1 heterocycles. The molecular formula is C16H26N2O3. The van der Waals surface area contributed by atoms with Gasteiger partial charge in [-0.1, -0.05) is 6.07 Å². The molecule has 1 aromatic heterocycles. The van der Waals surface area contributed by atoms with Crippen molar-refractivity contribution in [2.75, 3.05) is 33.5 Å². The Bertz CT molecular complexity index is 397. The van der Waals surface area contributed by atoms with Gasteiger partial charge in [-0.25, -0.2) is 0 Å². The van der Waals surface area contributed by atoms with Crippen LogP contribution in [0.1, 0.15) is 30.7 Å². The summed E-state index contributed by atoms with van der Waals surface area (Å²) in [5.41, 5.74) is 2.08. The Balaban J connectivity index is 1.54. The molecule has 5 nitrogen and oxygen atoms in total. The van der Waals surface area contributed by atoms with E-state index in [1.54, 1.807) is 7.11 Å². The van der Waals surface area contributed by atoms with Crippen LogP contribution in [0.5, 0.6) is 0 Å². The van der Waals surface area contributed by atoms with Crippen LogP contribution in [0.3, 0.4) is 0 Å². The van der Waals surface area contributed by atoms with Gasteiger partial charge in [0.1, 0.15) is 0 Å². The van der Waals surface area contributed by atoms with Crippen LogP contribution >= 0.6 is 0 Å². The topological polar surface area (TPSA) is 52.6 Å². The van der Waals surface area contributed by atoms with E-state index in [4.69, 9.17) is 14.2 Å². The first kappa shape index (κ1) is 16.4. The molecule has 5 heteroatoms. The fraction of sp³-hybridized carbons (Fsp3) is 0.688. The smallest absolute Gasteiger partial charge is 0.0887 e. The average Bonchev–Trinajstić information content (AvgIpc) is 3.33. The summed E-state index contributed by atoms with van der Waals surface area (Å²) >= 11 is 0. The Morgan fingerprint density at radius 2 is 1.90 bits per heavy atom. The number of hydrogen-bond acceptors (Lipinski definition) is 5. The van der Waals surface area contributed by atoms with Crippen LogP contribution in [0, 0.1) is 0 Å². The van der Waals surface area contributed by atoms with E-state index in [-0.39, 0.29) is 0 Å². The van der Waals surface area contributed by atoms with Crippen molar-refractivity contribution in [3.63, 3.8) is 0 Å². The second-order valence-electron chi connectivity index (χ2n) is 5.29. The van der Waals surface area contributed by atoms with Gasteiger partial charge in [-0.3, -0.25) is 4.98 Å². The molecular weight excluding hydrogens is 268 g/mol. The molecule has 0 amide bonds. The van der Waals surface area contributed by atoms with Crippen molar-refractivity contribution in [3.8, 4) is 0 Å². The van der Waals surface area contributed by atoms with Gasteiger partial charge in [0.05, 0.1) is 31.2 Å². The lowest BCUT2D eigenvalue weighted by Crippen LogP contribution is -2.16. The highest BCUT2D eigenvalue weighted by Gasteiger charge is 2.20. The van der Waals surface area contributed by atoms with Crippen molar-refractivity contribution in [1.82, 2.24) is 10.3 Å². The summed E-state index contributed by atoms with van der Waals surface area (Å²) in [5, 5.41) is 3.47. The predicted molar refractivity (Wildman–Crippen MR) is 81.1 cm³/mol. The summed E-state index contributed by atoms with van der Waals surface area (Å²) in [6, 6.07) is 6.83. The van der Waals surface area contributed by atoms with E-state index in [0.717, 1.165) is 24.4 Å². The molecule has 1 aliphatic rings. The maximum Gasteiger partial charge on any atom is 0.0887 e. The molecule has 0 unspecified atom stereocenters. The Hall–Kier alpha value is -1.01.